The van der Waals surface area contributed by atoms with Gasteiger partial charge >= 0.3 is 0 Å². The van der Waals surface area contributed by atoms with E-state index in [1.807, 2.05) is 25.1 Å². The van der Waals surface area contributed by atoms with Gasteiger partial charge in [0.25, 0.3) is 17.4 Å². The molecule has 47 heavy (non-hydrogen) atoms. The average molecular weight is 638 g/mol. The van der Waals surface area contributed by atoms with Crippen LogP contribution in [0.2, 0.25) is 0 Å². The lowest BCUT2D eigenvalue weighted by molar-refractivity contribution is -0.115. The zero-order valence-electron chi connectivity index (χ0n) is 26.3. The highest BCUT2D eigenvalue weighted by atomic mass is 16.7. The fourth-order valence-electron chi connectivity index (χ4n) is 5.51. The van der Waals surface area contributed by atoms with Crippen LogP contribution in [-0.4, -0.2) is 60.3 Å². The quantitative estimate of drug-likeness (QED) is 0.248. The first-order valence-corrected chi connectivity index (χ1v) is 15.3. The predicted molar refractivity (Wildman–Crippen MR) is 178 cm³/mol. The predicted octanol–water partition coefficient (Wildman–Crippen LogP) is 4.91. The molecule has 2 aliphatic heterocycles. The molecule has 1 aromatic heterocycles. The lowest BCUT2D eigenvalue weighted by atomic mass is 9.99. The Balaban J connectivity index is 1.28. The Hall–Kier alpha value is -5.62. The number of pyridine rings is 1. The number of carbonyl (C=O) groups is 3. The second kappa shape index (κ2) is 13.4. The van der Waals surface area contributed by atoms with Crippen molar-refractivity contribution >= 4 is 40.5 Å². The van der Waals surface area contributed by atoms with E-state index in [1.54, 1.807) is 67.5 Å². The summed E-state index contributed by atoms with van der Waals surface area (Å²) in [6.07, 6.45) is 1.97. The molecule has 3 N–H and O–H groups in total. The summed E-state index contributed by atoms with van der Waals surface area (Å²) in [6.45, 7) is 5.59. The van der Waals surface area contributed by atoms with E-state index in [4.69, 9.17) is 14.2 Å². The van der Waals surface area contributed by atoms with Gasteiger partial charge in [-0.3, -0.25) is 19.2 Å². The molecule has 3 aromatic carbocycles. The summed E-state index contributed by atoms with van der Waals surface area (Å²) in [4.78, 5) is 53.8. The van der Waals surface area contributed by atoms with E-state index in [1.165, 1.54) is 4.57 Å². The Bertz CT molecular complexity index is 1930. The van der Waals surface area contributed by atoms with Crippen LogP contribution in [0, 0.1) is 6.92 Å². The summed E-state index contributed by atoms with van der Waals surface area (Å²) in [5, 5.41) is 9.00. The maximum atomic E-state index is 13.3. The van der Waals surface area contributed by atoms with Crippen molar-refractivity contribution in [3.63, 3.8) is 0 Å². The largest absolute Gasteiger partial charge is 0.454 e. The van der Waals surface area contributed by atoms with E-state index < -0.39 is 0 Å². The minimum Gasteiger partial charge on any atom is -0.454 e. The first kappa shape index (κ1) is 31.4. The van der Waals surface area contributed by atoms with E-state index in [2.05, 4.69) is 16.0 Å². The summed E-state index contributed by atoms with van der Waals surface area (Å²) in [5.74, 6) is 0.375. The van der Waals surface area contributed by atoms with Crippen molar-refractivity contribution in [2.24, 2.45) is 7.05 Å². The molecular formula is C35H35N5O7. The van der Waals surface area contributed by atoms with Crippen LogP contribution in [0.5, 0.6) is 11.5 Å². The molecule has 0 bridgehead atoms. The highest BCUT2D eigenvalue weighted by Gasteiger charge is 2.23. The van der Waals surface area contributed by atoms with Crippen LogP contribution in [0.25, 0.3) is 11.1 Å². The number of anilines is 4. The summed E-state index contributed by atoms with van der Waals surface area (Å²) >= 11 is 0. The number of amides is 3. The van der Waals surface area contributed by atoms with Gasteiger partial charge in [0.15, 0.2) is 11.5 Å². The molecule has 0 saturated carbocycles. The fraction of sp³-hybridized carbons (Fsp3) is 0.257. The summed E-state index contributed by atoms with van der Waals surface area (Å²) in [5.41, 5.74) is 4.66. The first-order valence-electron chi connectivity index (χ1n) is 15.3. The van der Waals surface area contributed by atoms with Gasteiger partial charge in [-0.1, -0.05) is 19.1 Å². The Morgan fingerprint density at radius 1 is 0.872 bits per heavy atom. The van der Waals surface area contributed by atoms with Gasteiger partial charge in [-0.15, -0.1) is 0 Å². The number of hydrogen-bond donors (Lipinski definition) is 3. The molecule has 0 aliphatic carbocycles. The molecule has 3 amide bonds. The molecule has 3 heterocycles. The molecule has 0 atom stereocenters. The van der Waals surface area contributed by atoms with Crippen molar-refractivity contribution in [2.45, 2.75) is 20.3 Å². The first-order chi connectivity index (χ1) is 22.7. The van der Waals surface area contributed by atoms with Gasteiger partial charge in [-0.25, -0.2) is 0 Å². The number of rotatable bonds is 8. The molecule has 12 nitrogen and oxygen atoms in total. The van der Waals surface area contributed by atoms with Crippen LogP contribution >= 0.6 is 0 Å². The van der Waals surface area contributed by atoms with Crippen molar-refractivity contribution in [1.29, 1.82) is 0 Å². The van der Waals surface area contributed by atoms with Crippen LogP contribution in [0.4, 0.5) is 22.7 Å². The molecule has 0 spiro atoms. The minimum atomic E-state index is -0.298. The van der Waals surface area contributed by atoms with Gasteiger partial charge in [0.2, 0.25) is 12.7 Å². The van der Waals surface area contributed by atoms with Gasteiger partial charge < -0.3 is 39.6 Å². The number of benzene rings is 3. The van der Waals surface area contributed by atoms with Crippen molar-refractivity contribution in [3.05, 3.63) is 93.9 Å². The molecule has 0 unspecified atom stereocenters. The fourth-order valence-corrected chi connectivity index (χ4v) is 5.51. The molecule has 2 aliphatic rings. The summed E-state index contributed by atoms with van der Waals surface area (Å²) in [7, 11) is 1.66. The second-order valence-corrected chi connectivity index (χ2v) is 11.3. The normalized spacial score (nSPS) is 13.6. The van der Waals surface area contributed by atoms with Crippen molar-refractivity contribution in [2.75, 3.05) is 49.0 Å². The van der Waals surface area contributed by atoms with E-state index in [9.17, 15) is 19.2 Å². The highest BCUT2D eigenvalue weighted by Crippen LogP contribution is 2.34. The zero-order chi connectivity index (χ0) is 33.1. The Kier molecular flexibility index (Phi) is 8.94. The molecule has 4 aromatic rings. The monoisotopic (exact) mass is 637 g/mol. The molecule has 1 saturated heterocycles. The molecule has 12 heteroatoms. The van der Waals surface area contributed by atoms with Crippen LogP contribution in [0.3, 0.4) is 0 Å². The third-order valence-corrected chi connectivity index (χ3v) is 8.13. The number of nitrogens with one attached hydrogen (secondary N) is 3. The highest BCUT2D eigenvalue weighted by molar-refractivity contribution is 6.06. The number of aromatic nitrogens is 1. The van der Waals surface area contributed by atoms with Gasteiger partial charge in [-0.05, 0) is 66.6 Å². The molecule has 6 rings (SSSR count). The number of aryl methyl sites for hydroxylation is 1. The van der Waals surface area contributed by atoms with E-state index in [-0.39, 0.29) is 36.5 Å². The van der Waals surface area contributed by atoms with E-state index in [0.29, 0.717) is 71.7 Å². The summed E-state index contributed by atoms with van der Waals surface area (Å²) in [6, 6.07) is 17.4. The van der Waals surface area contributed by atoms with Gasteiger partial charge in [-0.2, -0.15) is 0 Å². The Morgan fingerprint density at radius 3 is 2.45 bits per heavy atom. The summed E-state index contributed by atoms with van der Waals surface area (Å²) < 4.78 is 17.6. The number of carbonyl (C=O) groups excluding carboxylic acids is 3. The van der Waals surface area contributed by atoms with Crippen LogP contribution < -0.4 is 31.0 Å². The maximum Gasteiger partial charge on any atom is 0.274 e. The SMILES string of the molecule is CCC(=O)Nc1cc(Nc2cc(-c3cccc(NC(=O)c4ccc5c(c4)OCO5)c3C)cn(C)c2=O)ccc1C(=O)N1CCOCC1. The number of ether oxygens (including phenoxy) is 3. The third-order valence-electron chi connectivity index (χ3n) is 8.13. The number of fused-ring (bicyclic) bond motifs is 1. The lowest BCUT2D eigenvalue weighted by Gasteiger charge is -2.27. The zero-order valence-corrected chi connectivity index (χ0v) is 26.3. The van der Waals surface area contributed by atoms with Gasteiger partial charge in [0, 0.05) is 55.3 Å². The average Bonchev–Trinajstić information content (AvgIpc) is 3.56. The van der Waals surface area contributed by atoms with Gasteiger partial charge in [0.05, 0.1) is 24.5 Å². The van der Waals surface area contributed by atoms with Crippen molar-refractivity contribution < 1.29 is 28.6 Å². The van der Waals surface area contributed by atoms with E-state index in [0.717, 1.165) is 16.7 Å². The van der Waals surface area contributed by atoms with Crippen LogP contribution in [0.1, 0.15) is 39.6 Å². The van der Waals surface area contributed by atoms with Crippen molar-refractivity contribution in [3.8, 4) is 22.6 Å². The number of nitrogens with zero attached hydrogens (tertiary/aromatic N) is 2. The third kappa shape index (κ3) is 6.68. The molecule has 1 fully saturated rings. The number of hydrogen-bond acceptors (Lipinski definition) is 8. The molecule has 242 valence electrons. The standard InChI is InChI=1S/C35H35N5O7/c1-4-32(41)37-28-18-24(9-10-26(28)34(43)40-12-14-45-15-13-40)36-29-16-23(19-39(3)35(29)44)25-6-5-7-27(21(25)2)38-33(42)22-8-11-30-31(17-22)47-20-46-30/h5-11,16-19,36H,4,12-15,20H2,1-3H3,(H,37,41)(H,38,42). The topological polar surface area (TPSA) is 140 Å². The van der Waals surface area contributed by atoms with Crippen LogP contribution in [-0.2, 0) is 16.6 Å². The van der Waals surface area contributed by atoms with Crippen molar-refractivity contribution in [1.82, 2.24) is 9.47 Å². The Morgan fingerprint density at radius 2 is 1.66 bits per heavy atom. The Labute approximate surface area is 271 Å². The van der Waals surface area contributed by atoms with Crippen LogP contribution in [0.15, 0.2) is 71.7 Å². The maximum absolute atomic E-state index is 13.3. The lowest BCUT2D eigenvalue weighted by Crippen LogP contribution is -2.41. The minimum absolute atomic E-state index is 0.120. The van der Waals surface area contributed by atoms with E-state index >= 15 is 0 Å². The number of morpholine rings is 1. The smallest absolute Gasteiger partial charge is 0.274 e. The second-order valence-electron chi connectivity index (χ2n) is 11.3. The molecular weight excluding hydrogens is 602 g/mol. The van der Waals surface area contributed by atoms with Gasteiger partial charge in [0.1, 0.15) is 5.69 Å². The molecule has 0 radical (unpaired) electrons.